The van der Waals surface area contributed by atoms with Crippen LogP contribution in [0.1, 0.15) is 37.3 Å². The van der Waals surface area contributed by atoms with Gasteiger partial charge in [-0.3, -0.25) is 0 Å². The quantitative estimate of drug-likeness (QED) is 0.768. The van der Waals surface area contributed by atoms with Gasteiger partial charge in [0.1, 0.15) is 0 Å². The van der Waals surface area contributed by atoms with Crippen LogP contribution in [0.2, 0.25) is 0 Å². The smallest absolute Gasteiger partial charge is 0.0731 e. The number of hydrogen-bond acceptors (Lipinski definition) is 3. The molecule has 0 amide bonds. The van der Waals surface area contributed by atoms with Gasteiger partial charge in [-0.15, -0.1) is 0 Å². The van der Waals surface area contributed by atoms with Crippen molar-refractivity contribution in [2.75, 3.05) is 19.8 Å². The van der Waals surface area contributed by atoms with E-state index in [0.29, 0.717) is 12.7 Å². The molecule has 1 heterocycles. The van der Waals surface area contributed by atoms with Crippen molar-refractivity contribution in [1.29, 1.82) is 0 Å². The molecule has 1 aliphatic heterocycles. The van der Waals surface area contributed by atoms with Crippen LogP contribution in [0.15, 0.2) is 22.7 Å². The summed E-state index contributed by atoms with van der Waals surface area (Å²) in [5.74, 6) is 0. The normalized spacial score (nSPS) is 16.5. The first-order valence-corrected chi connectivity index (χ1v) is 8.26. The standard InChI is InChI=1S/C16H24BrNO2/c1-2-7-18-11-13-3-4-14(16(17)10-13)12-20-15-5-8-19-9-6-15/h3-4,10,15,18H,2,5-9,11-12H2,1H3. The first-order valence-electron chi connectivity index (χ1n) is 7.47. The first kappa shape index (κ1) is 16.0. The molecule has 0 saturated carbocycles. The van der Waals surface area contributed by atoms with Crippen LogP contribution in [0.25, 0.3) is 0 Å². The second kappa shape index (κ2) is 8.78. The molecule has 112 valence electrons. The summed E-state index contributed by atoms with van der Waals surface area (Å²) in [6.07, 6.45) is 3.53. The van der Waals surface area contributed by atoms with E-state index in [-0.39, 0.29) is 0 Å². The fraction of sp³-hybridized carbons (Fsp3) is 0.625. The number of nitrogens with one attached hydrogen (secondary N) is 1. The second-order valence-corrected chi connectivity index (χ2v) is 6.08. The highest BCUT2D eigenvalue weighted by atomic mass is 79.9. The molecule has 0 spiro atoms. The zero-order valence-corrected chi connectivity index (χ0v) is 13.7. The monoisotopic (exact) mass is 341 g/mol. The van der Waals surface area contributed by atoms with Crippen molar-refractivity contribution in [3.8, 4) is 0 Å². The molecule has 0 unspecified atom stereocenters. The van der Waals surface area contributed by atoms with Gasteiger partial charge < -0.3 is 14.8 Å². The lowest BCUT2D eigenvalue weighted by Crippen LogP contribution is -2.23. The van der Waals surface area contributed by atoms with Crippen molar-refractivity contribution >= 4 is 15.9 Å². The molecule has 1 aromatic rings. The summed E-state index contributed by atoms with van der Waals surface area (Å²) in [5, 5.41) is 3.42. The highest BCUT2D eigenvalue weighted by Crippen LogP contribution is 2.21. The molecule has 1 aliphatic rings. The van der Waals surface area contributed by atoms with Crippen LogP contribution in [0.4, 0.5) is 0 Å². The summed E-state index contributed by atoms with van der Waals surface area (Å²) in [7, 11) is 0. The van der Waals surface area contributed by atoms with Crippen LogP contribution in [-0.4, -0.2) is 25.9 Å². The van der Waals surface area contributed by atoms with Crippen molar-refractivity contribution < 1.29 is 9.47 Å². The summed E-state index contributed by atoms with van der Waals surface area (Å²) in [5.41, 5.74) is 2.52. The highest BCUT2D eigenvalue weighted by molar-refractivity contribution is 9.10. The van der Waals surface area contributed by atoms with Crippen LogP contribution in [0.5, 0.6) is 0 Å². The van der Waals surface area contributed by atoms with Crippen molar-refractivity contribution in [2.45, 2.75) is 45.4 Å². The maximum atomic E-state index is 5.96. The largest absolute Gasteiger partial charge is 0.381 e. The van der Waals surface area contributed by atoms with E-state index >= 15 is 0 Å². The molecular weight excluding hydrogens is 318 g/mol. The predicted molar refractivity (Wildman–Crippen MR) is 84.8 cm³/mol. The number of benzene rings is 1. The molecule has 0 radical (unpaired) electrons. The first-order chi connectivity index (χ1) is 9.79. The fourth-order valence-corrected chi connectivity index (χ4v) is 2.82. The van der Waals surface area contributed by atoms with Crippen molar-refractivity contribution in [3.05, 3.63) is 33.8 Å². The molecule has 1 aromatic carbocycles. The van der Waals surface area contributed by atoms with Gasteiger partial charge in [0, 0.05) is 24.2 Å². The van der Waals surface area contributed by atoms with Gasteiger partial charge in [0.2, 0.25) is 0 Å². The van der Waals surface area contributed by atoms with Crippen LogP contribution >= 0.6 is 15.9 Å². The van der Waals surface area contributed by atoms with Gasteiger partial charge in [-0.2, -0.15) is 0 Å². The van der Waals surface area contributed by atoms with Crippen LogP contribution in [-0.2, 0) is 22.6 Å². The Balaban J connectivity index is 1.82. The summed E-state index contributed by atoms with van der Waals surface area (Å²) in [4.78, 5) is 0. The molecule has 4 heteroatoms. The third-order valence-corrected chi connectivity index (χ3v) is 4.25. The number of hydrogen-bond donors (Lipinski definition) is 1. The maximum absolute atomic E-state index is 5.96. The molecule has 0 aromatic heterocycles. The van der Waals surface area contributed by atoms with E-state index in [1.54, 1.807) is 0 Å². The summed E-state index contributed by atoms with van der Waals surface area (Å²) < 4.78 is 12.4. The van der Waals surface area contributed by atoms with E-state index in [1.807, 2.05) is 0 Å². The molecule has 0 bridgehead atoms. The maximum Gasteiger partial charge on any atom is 0.0731 e. The lowest BCUT2D eigenvalue weighted by atomic mass is 10.1. The molecule has 1 N–H and O–H groups in total. The van der Waals surface area contributed by atoms with Gasteiger partial charge in [-0.25, -0.2) is 0 Å². The lowest BCUT2D eigenvalue weighted by molar-refractivity contribution is -0.0392. The van der Waals surface area contributed by atoms with Crippen LogP contribution < -0.4 is 5.32 Å². The van der Waals surface area contributed by atoms with Gasteiger partial charge in [0.05, 0.1) is 12.7 Å². The van der Waals surface area contributed by atoms with Crippen molar-refractivity contribution in [1.82, 2.24) is 5.32 Å². The SMILES string of the molecule is CCCNCc1ccc(COC2CCOCC2)c(Br)c1. The van der Waals surface area contributed by atoms with E-state index in [1.165, 1.54) is 11.1 Å². The molecule has 0 aliphatic carbocycles. The number of halogens is 1. The van der Waals surface area contributed by atoms with Gasteiger partial charge in [0.15, 0.2) is 0 Å². The van der Waals surface area contributed by atoms with Gasteiger partial charge in [-0.05, 0) is 43.0 Å². The van der Waals surface area contributed by atoms with Crippen LogP contribution in [0.3, 0.4) is 0 Å². The Hall–Kier alpha value is -0.420. The Kier molecular flexibility index (Phi) is 7.00. The van der Waals surface area contributed by atoms with Crippen molar-refractivity contribution in [3.63, 3.8) is 0 Å². The van der Waals surface area contributed by atoms with Gasteiger partial charge in [-0.1, -0.05) is 35.0 Å². The molecule has 3 nitrogen and oxygen atoms in total. The topological polar surface area (TPSA) is 30.5 Å². The fourth-order valence-electron chi connectivity index (χ4n) is 2.28. The van der Waals surface area contributed by atoms with Crippen LogP contribution in [0, 0.1) is 0 Å². The average Bonchev–Trinajstić information content (AvgIpc) is 2.48. The third kappa shape index (κ3) is 5.17. The molecular formula is C16H24BrNO2. The molecule has 20 heavy (non-hydrogen) atoms. The van der Waals surface area contributed by atoms with E-state index in [2.05, 4.69) is 46.4 Å². The minimum atomic E-state index is 0.349. The molecule has 1 saturated heterocycles. The summed E-state index contributed by atoms with van der Waals surface area (Å²) in [6, 6.07) is 6.52. The molecule has 0 atom stereocenters. The Morgan fingerprint density at radius 2 is 2.15 bits per heavy atom. The van der Waals surface area contributed by atoms with Gasteiger partial charge in [0.25, 0.3) is 0 Å². The highest BCUT2D eigenvalue weighted by Gasteiger charge is 2.14. The van der Waals surface area contributed by atoms with Crippen molar-refractivity contribution in [2.24, 2.45) is 0 Å². The third-order valence-electron chi connectivity index (χ3n) is 3.52. The second-order valence-electron chi connectivity index (χ2n) is 5.23. The Morgan fingerprint density at radius 1 is 1.35 bits per heavy atom. The van der Waals surface area contributed by atoms with E-state index in [4.69, 9.17) is 9.47 Å². The Labute approximate surface area is 130 Å². The molecule has 2 rings (SSSR count). The Bertz CT molecular complexity index is 405. The Morgan fingerprint density at radius 3 is 2.85 bits per heavy atom. The van der Waals surface area contributed by atoms with E-state index in [0.717, 1.165) is 50.0 Å². The minimum Gasteiger partial charge on any atom is -0.381 e. The number of ether oxygens (including phenoxy) is 2. The van der Waals surface area contributed by atoms with E-state index < -0.39 is 0 Å². The van der Waals surface area contributed by atoms with E-state index in [9.17, 15) is 0 Å². The number of rotatable bonds is 7. The summed E-state index contributed by atoms with van der Waals surface area (Å²) >= 11 is 3.65. The lowest BCUT2D eigenvalue weighted by Gasteiger charge is -2.22. The minimum absolute atomic E-state index is 0.349. The average molecular weight is 342 g/mol. The zero-order valence-electron chi connectivity index (χ0n) is 12.2. The molecule has 1 fully saturated rings. The zero-order chi connectivity index (χ0) is 14.2. The van der Waals surface area contributed by atoms with Gasteiger partial charge >= 0.3 is 0 Å². The summed E-state index contributed by atoms with van der Waals surface area (Å²) in [6.45, 7) is 6.50. The predicted octanol–water partition coefficient (Wildman–Crippen LogP) is 3.64.